The van der Waals surface area contributed by atoms with Gasteiger partial charge in [0.05, 0.1) is 0 Å². The minimum Gasteiger partial charge on any atom is -0.289 e. The Morgan fingerprint density at radius 2 is 2.00 bits per heavy atom. The second kappa shape index (κ2) is 5.63. The molecule has 2 aromatic rings. The fraction of sp³-hybridized carbons (Fsp3) is 0.133. The zero-order valence-electron chi connectivity index (χ0n) is 10.2. The number of hydrogen-bond acceptors (Lipinski definition) is 2. The molecule has 18 heavy (non-hydrogen) atoms. The minimum absolute atomic E-state index is 0.0626. The van der Waals surface area contributed by atoms with Crippen LogP contribution in [0.25, 0.3) is 6.08 Å². The number of carbonyl (C=O) groups is 1. The molecule has 0 saturated heterocycles. The van der Waals surface area contributed by atoms with Crippen LogP contribution in [0.5, 0.6) is 0 Å². The van der Waals surface area contributed by atoms with Crippen molar-refractivity contribution in [2.24, 2.45) is 0 Å². The maximum absolute atomic E-state index is 12.1. The number of halogens is 1. The van der Waals surface area contributed by atoms with E-state index in [-0.39, 0.29) is 5.78 Å². The maximum Gasteiger partial charge on any atom is 0.186 e. The zero-order valence-corrected chi connectivity index (χ0v) is 12.6. The Bertz CT molecular complexity index is 611. The first kappa shape index (κ1) is 13.2. The Balaban J connectivity index is 2.22. The highest BCUT2D eigenvalue weighted by Crippen LogP contribution is 2.22. The largest absolute Gasteiger partial charge is 0.289 e. The van der Waals surface area contributed by atoms with Crippen LogP contribution in [0.3, 0.4) is 0 Å². The molecule has 1 heterocycles. The van der Waals surface area contributed by atoms with Gasteiger partial charge in [-0.25, -0.2) is 0 Å². The highest BCUT2D eigenvalue weighted by molar-refractivity contribution is 9.10. The summed E-state index contributed by atoms with van der Waals surface area (Å²) in [5.74, 6) is 0.0626. The average Bonchev–Trinajstić information content (AvgIpc) is 2.67. The van der Waals surface area contributed by atoms with Crippen LogP contribution in [0.4, 0.5) is 0 Å². The molecule has 0 aliphatic carbocycles. The number of allylic oxidation sites excluding steroid dienone is 1. The fourth-order valence-electron chi connectivity index (χ4n) is 1.74. The van der Waals surface area contributed by atoms with Crippen molar-refractivity contribution in [3.63, 3.8) is 0 Å². The number of hydrogen-bond donors (Lipinski definition) is 0. The maximum atomic E-state index is 12.1. The average molecular weight is 321 g/mol. The molecule has 1 aromatic carbocycles. The molecule has 0 spiro atoms. The first-order chi connectivity index (χ1) is 8.58. The Morgan fingerprint density at radius 1 is 1.28 bits per heavy atom. The number of benzene rings is 1. The normalized spacial score (nSPS) is 11.1. The SMILES string of the molecule is Cc1cc(C(=O)/C=C/c2ccccc2Br)c(C)s1. The molecule has 1 nitrogen and oxygen atoms in total. The van der Waals surface area contributed by atoms with E-state index in [9.17, 15) is 4.79 Å². The lowest BCUT2D eigenvalue weighted by Gasteiger charge is -1.97. The summed E-state index contributed by atoms with van der Waals surface area (Å²) in [7, 11) is 0. The van der Waals surface area contributed by atoms with Crippen molar-refractivity contribution in [3.8, 4) is 0 Å². The van der Waals surface area contributed by atoms with E-state index in [2.05, 4.69) is 15.9 Å². The second-order valence-electron chi connectivity index (χ2n) is 4.05. The van der Waals surface area contributed by atoms with E-state index < -0.39 is 0 Å². The molecular formula is C15H13BrOS. The van der Waals surface area contributed by atoms with Crippen molar-refractivity contribution in [3.05, 3.63) is 61.8 Å². The smallest absolute Gasteiger partial charge is 0.186 e. The highest BCUT2D eigenvalue weighted by atomic mass is 79.9. The van der Waals surface area contributed by atoms with Crippen LogP contribution in [-0.4, -0.2) is 5.78 Å². The topological polar surface area (TPSA) is 17.1 Å². The summed E-state index contributed by atoms with van der Waals surface area (Å²) in [6.45, 7) is 4.00. The molecule has 0 aliphatic rings. The van der Waals surface area contributed by atoms with Crippen molar-refractivity contribution < 1.29 is 4.79 Å². The Morgan fingerprint density at radius 3 is 2.61 bits per heavy atom. The van der Waals surface area contributed by atoms with E-state index in [0.717, 1.165) is 20.5 Å². The van der Waals surface area contributed by atoms with E-state index in [1.54, 1.807) is 17.4 Å². The molecule has 0 radical (unpaired) electrons. The lowest BCUT2D eigenvalue weighted by Crippen LogP contribution is -1.93. The van der Waals surface area contributed by atoms with Gasteiger partial charge in [-0.15, -0.1) is 11.3 Å². The summed E-state index contributed by atoms with van der Waals surface area (Å²) < 4.78 is 0.993. The van der Waals surface area contributed by atoms with Crippen LogP contribution in [-0.2, 0) is 0 Å². The molecule has 2 rings (SSSR count). The predicted octanol–water partition coefficient (Wildman–Crippen LogP) is 5.02. The summed E-state index contributed by atoms with van der Waals surface area (Å²) in [6, 6.07) is 9.79. The van der Waals surface area contributed by atoms with E-state index in [4.69, 9.17) is 0 Å². The first-order valence-corrected chi connectivity index (χ1v) is 7.23. The van der Waals surface area contributed by atoms with Crippen molar-refractivity contribution >= 4 is 39.1 Å². The summed E-state index contributed by atoms with van der Waals surface area (Å²) >= 11 is 5.12. The van der Waals surface area contributed by atoms with Crippen molar-refractivity contribution in [1.29, 1.82) is 0 Å². The molecule has 92 valence electrons. The van der Waals surface area contributed by atoms with E-state index in [1.807, 2.05) is 50.3 Å². The predicted molar refractivity (Wildman–Crippen MR) is 81.3 cm³/mol. The molecule has 0 saturated carbocycles. The van der Waals surface area contributed by atoms with Crippen LogP contribution in [0.2, 0.25) is 0 Å². The van der Waals surface area contributed by atoms with Crippen LogP contribution in [0.15, 0.2) is 40.9 Å². The molecule has 0 N–H and O–H groups in total. The molecule has 0 bridgehead atoms. The summed E-state index contributed by atoms with van der Waals surface area (Å²) in [5, 5.41) is 0. The monoisotopic (exact) mass is 320 g/mol. The Hall–Kier alpha value is -1.19. The molecular weight excluding hydrogens is 308 g/mol. The van der Waals surface area contributed by atoms with Crippen LogP contribution >= 0.6 is 27.3 Å². The van der Waals surface area contributed by atoms with Gasteiger partial charge in [0.1, 0.15) is 0 Å². The molecule has 0 aliphatic heterocycles. The summed E-state index contributed by atoms with van der Waals surface area (Å²) in [6.07, 6.45) is 3.48. The lowest BCUT2D eigenvalue weighted by atomic mass is 10.1. The van der Waals surface area contributed by atoms with Gasteiger partial charge in [-0.3, -0.25) is 4.79 Å². The first-order valence-electron chi connectivity index (χ1n) is 5.62. The minimum atomic E-state index is 0.0626. The highest BCUT2D eigenvalue weighted by Gasteiger charge is 2.08. The van der Waals surface area contributed by atoms with Crippen LogP contribution in [0.1, 0.15) is 25.7 Å². The number of carbonyl (C=O) groups excluding carboxylic acids is 1. The Kier molecular flexibility index (Phi) is 4.15. The lowest BCUT2D eigenvalue weighted by molar-refractivity contribution is 0.104. The number of thiophene rings is 1. The van der Waals surface area contributed by atoms with Gasteiger partial charge in [0.25, 0.3) is 0 Å². The van der Waals surface area contributed by atoms with Gasteiger partial charge < -0.3 is 0 Å². The van der Waals surface area contributed by atoms with Gasteiger partial charge in [-0.2, -0.15) is 0 Å². The molecule has 3 heteroatoms. The third-order valence-electron chi connectivity index (χ3n) is 2.63. The standard InChI is InChI=1S/C15H13BrOS/c1-10-9-13(11(2)18-10)15(17)8-7-12-5-3-4-6-14(12)16/h3-9H,1-2H3/b8-7+. The van der Waals surface area contributed by atoms with Gasteiger partial charge >= 0.3 is 0 Å². The fourth-order valence-corrected chi connectivity index (χ4v) is 3.09. The number of rotatable bonds is 3. The summed E-state index contributed by atoms with van der Waals surface area (Å²) in [5.41, 5.74) is 1.82. The zero-order chi connectivity index (χ0) is 13.1. The van der Waals surface area contributed by atoms with E-state index in [0.29, 0.717) is 0 Å². The number of ketones is 1. The van der Waals surface area contributed by atoms with Crippen LogP contribution in [0, 0.1) is 13.8 Å². The molecule has 0 atom stereocenters. The third-order valence-corrected chi connectivity index (χ3v) is 4.31. The van der Waals surface area contributed by atoms with Crippen molar-refractivity contribution in [2.75, 3.05) is 0 Å². The molecule has 0 unspecified atom stereocenters. The second-order valence-corrected chi connectivity index (χ2v) is 6.36. The molecule has 0 amide bonds. The third kappa shape index (κ3) is 2.98. The van der Waals surface area contributed by atoms with Crippen molar-refractivity contribution in [2.45, 2.75) is 13.8 Å². The quantitative estimate of drug-likeness (QED) is 0.573. The van der Waals surface area contributed by atoms with E-state index in [1.165, 1.54) is 4.88 Å². The van der Waals surface area contributed by atoms with Gasteiger partial charge in [-0.05, 0) is 43.7 Å². The van der Waals surface area contributed by atoms with Crippen LogP contribution < -0.4 is 0 Å². The van der Waals surface area contributed by atoms with E-state index >= 15 is 0 Å². The van der Waals surface area contributed by atoms with Gasteiger partial charge in [0.15, 0.2) is 5.78 Å². The van der Waals surface area contributed by atoms with Crippen molar-refractivity contribution in [1.82, 2.24) is 0 Å². The molecule has 1 aromatic heterocycles. The van der Waals surface area contributed by atoms with Gasteiger partial charge in [0.2, 0.25) is 0 Å². The Labute approximate surface area is 119 Å². The summed E-state index contributed by atoms with van der Waals surface area (Å²) in [4.78, 5) is 14.3. The van der Waals surface area contributed by atoms with Gasteiger partial charge in [0, 0.05) is 19.8 Å². The molecule has 0 fully saturated rings. The van der Waals surface area contributed by atoms with Gasteiger partial charge in [-0.1, -0.05) is 34.1 Å². The number of aryl methyl sites for hydroxylation is 2.